The third-order valence-corrected chi connectivity index (χ3v) is 8.11. The molecule has 4 rings (SSSR count). The van der Waals surface area contributed by atoms with Crippen LogP contribution in [0.25, 0.3) is 0 Å². The molecule has 0 aromatic heterocycles. The van der Waals surface area contributed by atoms with E-state index in [-0.39, 0.29) is 48.1 Å². The number of benzene rings is 3. The molecule has 0 bridgehead atoms. The number of nitrogens with zero attached hydrogens (tertiary/aromatic N) is 2. The van der Waals surface area contributed by atoms with Gasteiger partial charge in [-0.25, -0.2) is 5.48 Å². The van der Waals surface area contributed by atoms with Gasteiger partial charge in [0.2, 0.25) is 11.8 Å². The Morgan fingerprint density at radius 3 is 1.96 bits per heavy atom. The maximum atomic E-state index is 14.1. The fourth-order valence-corrected chi connectivity index (χ4v) is 5.64. The van der Waals surface area contributed by atoms with Crippen molar-refractivity contribution in [2.75, 3.05) is 33.8 Å². The van der Waals surface area contributed by atoms with Crippen LogP contribution in [0.4, 0.5) is 0 Å². The number of hydrogen-bond acceptors (Lipinski definition) is 8. The van der Waals surface area contributed by atoms with Gasteiger partial charge in [-0.15, -0.1) is 12.4 Å². The summed E-state index contributed by atoms with van der Waals surface area (Å²) in [4.78, 5) is 70.4. The van der Waals surface area contributed by atoms with E-state index in [9.17, 15) is 29.2 Å². The lowest BCUT2D eigenvalue weighted by atomic mass is 9.83. The van der Waals surface area contributed by atoms with Crippen LogP contribution >= 0.6 is 12.4 Å². The molecule has 12 heteroatoms. The highest BCUT2D eigenvalue weighted by molar-refractivity contribution is 6.21. The Morgan fingerprint density at radius 2 is 1.42 bits per heavy atom. The summed E-state index contributed by atoms with van der Waals surface area (Å²) in [5.74, 6) is -4.91. The van der Waals surface area contributed by atoms with Gasteiger partial charge in [0.15, 0.2) is 5.78 Å². The van der Waals surface area contributed by atoms with Crippen molar-refractivity contribution in [1.82, 2.24) is 20.6 Å². The number of imide groups is 1. The zero-order chi connectivity index (χ0) is 34.1. The monoisotopic (exact) mass is 678 g/mol. The maximum Gasteiger partial charge on any atom is 0.261 e. The highest BCUT2D eigenvalue weighted by atomic mass is 35.5. The SMILES string of the molecule is CC(C)C[C@H](C(=O)N[C@@H](Cc1ccccc1)C(=O)c1ccc(OCCN(C)C)cc1)C(CN1C(=O)c2ccccc2C1=O)C(=O)NO.Cl. The summed E-state index contributed by atoms with van der Waals surface area (Å²) in [6.45, 7) is 4.51. The molecule has 3 aromatic carbocycles. The van der Waals surface area contributed by atoms with Gasteiger partial charge in [-0.1, -0.05) is 56.3 Å². The predicted octanol–water partition coefficient (Wildman–Crippen LogP) is 4.04. The lowest BCUT2D eigenvalue weighted by Crippen LogP contribution is -2.51. The van der Waals surface area contributed by atoms with Crippen LogP contribution in [0.2, 0.25) is 0 Å². The Bertz CT molecular complexity index is 1550. The average Bonchev–Trinajstić information content (AvgIpc) is 3.30. The number of amides is 4. The van der Waals surface area contributed by atoms with Crippen LogP contribution in [0.15, 0.2) is 78.9 Å². The van der Waals surface area contributed by atoms with E-state index in [0.717, 1.165) is 17.0 Å². The van der Waals surface area contributed by atoms with Gasteiger partial charge in [0, 0.05) is 25.1 Å². The summed E-state index contributed by atoms with van der Waals surface area (Å²) < 4.78 is 5.76. The van der Waals surface area contributed by atoms with Crippen molar-refractivity contribution in [3.05, 3.63) is 101 Å². The van der Waals surface area contributed by atoms with Crippen molar-refractivity contribution < 1.29 is 33.9 Å². The highest BCUT2D eigenvalue weighted by Gasteiger charge is 2.42. The first-order chi connectivity index (χ1) is 22.5. The van der Waals surface area contributed by atoms with Crippen LogP contribution in [0, 0.1) is 17.8 Å². The van der Waals surface area contributed by atoms with Crippen molar-refractivity contribution in [1.29, 1.82) is 0 Å². The lowest BCUT2D eigenvalue weighted by Gasteiger charge is -2.30. The van der Waals surface area contributed by atoms with Crippen molar-refractivity contribution >= 4 is 41.8 Å². The number of nitrogens with one attached hydrogen (secondary N) is 2. The van der Waals surface area contributed by atoms with Crippen LogP contribution < -0.4 is 15.5 Å². The van der Waals surface area contributed by atoms with E-state index in [1.54, 1.807) is 41.9 Å². The minimum atomic E-state index is -1.30. The number of carbonyl (C=O) groups excluding carboxylic acids is 5. The Balaban J connectivity index is 0.00000625. The number of fused-ring (bicyclic) bond motifs is 1. The van der Waals surface area contributed by atoms with E-state index in [4.69, 9.17) is 4.74 Å². The molecule has 1 unspecified atom stereocenters. The summed E-state index contributed by atoms with van der Waals surface area (Å²) in [7, 11) is 3.89. The molecule has 3 atom stereocenters. The second-order valence-corrected chi connectivity index (χ2v) is 12.4. The first-order valence-corrected chi connectivity index (χ1v) is 15.6. The first kappa shape index (κ1) is 37.9. The van der Waals surface area contributed by atoms with Gasteiger partial charge < -0.3 is 15.0 Å². The topological polar surface area (TPSA) is 145 Å². The third kappa shape index (κ3) is 9.50. The molecule has 3 aromatic rings. The van der Waals surface area contributed by atoms with E-state index in [1.807, 2.05) is 63.2 Å². The van der Waals surface area contributed by atoms with Crippen LogP contribution in [0.3, 0.4) is 0 Å². The fourth-order valence-electron chi connectivity index (χ4n) is 5.64. The van der Waals surface area contributed by atoms with Crippen molar-refractivity contribution in [3.8, 4) is 5.75 Å². The second-order valence-electron chi connectivity index (χ2n) is 12.4. The van der Waals surface area contributed by atoms with Gasteiger partial charge >= 0.3 is 0 Å². The van der Waals surface area contributed by atoms with Crippen molar-refractivity contribution in [2.45, 2.75) is 32.7 Å². The highest BCUT2D eigenvalue weighted by Crippen LogP contribution is 2.28. The fraction of sp³-hybridized carbons (Fsp3) is 0.361. The molecule has 48 heavy (non-hydrogen) atoms. The van der Waals surface area contributed by atoms with Crippen LogP contribution in [-0.4, -0.2) is 84.3 Å². The minimum Gasteiger partial charge on any atom is -0.492 e. The molecule has 0 aliphatic carbocycles. The number of ketones is 1. The van der Waals surface area contributed by atoms with Gasteiger partial charge in [-0.05, 0) is 68.4 Å². The zero-order valence-electron chi connectivity index (χ0n) is 27.5. The number of hydrogen-bond donors (Lipinski definition) is 3. The number of halogens is 1. The summed E-state index contributed by atoms with van der Waals surface area (Å²) in [5.41, 5.74) is 3.19. The number of carbonyl (C=O) groups is 5. The van der Waals surface area contributed by atoms with Crippen LogP contribution in [0.1, 0.15) is 56.9 Å². The Kier molecular flexibility index (Phi) is 13.8. The molecule has 0 fully saturated rings. The van der Waals surface area contributed by atoms with E-state index >= 15 is 0 Å². The first-order valence-electron chi connectivity index (χ1n) is 15.6. The Morgan fingerprint density at radius 1 is 0.833 bits per heavy atom. The van der Waals surface area contributed by atoms with Crippen molar-refractivity contribution in [3.63, 3.8) is 0 Å². The molecular formula is C36H43ClN4O7. The van der Waals surface area contributed by atoms with Gasteiger partial charge in [0.25, 0.3) is 11.8 Å². The van der Waals surface area contributed by atoms with Crippen LogP contribution in [-0.2, 0) is 16.0 Å². The van der Waals surface area contributed by atoms with E-state index in [0.29, 0.717) is 17.9 Å². The Labute approximate surface area is 287 Å². The number of ether oxygens (including phenoxy) is 1. The van der Waals surface area contributed by atoms with E-state index in [1.165, 1.54) is 12.1 Å². The lowest BCUT2D eigenvalue weighted by molar-refractivity contribution is -0.141. The number of rotatable bonds is 16. The quantitative estimate of drug-likeness (QED) is 0.0891. The summed E-state index contributed by atoms with van der Waals surface area (Å²) in [6, 6.07) is 21.2. The molecule has 0 spiro atoms. The van der Waals surface area contributed by atoms with Gasteiger partial charge in [-0.2, -0.15) is 0 Å². The molecule has 0 saturated carbocycles. The predicted molar refractivity (Wildman–Crippen MR) is 182 cm³/mol. The Hall–Kier alpha value is -4.58. The molecule has 0 radical (unpaired) electrons. The van der Waals surface area contributed by atoms with E-state index in [2.05, 4.69) is 5.32 Å². The summed E-state index contributed by atoms with van der Waals surface area (Å²) in [5, 5.41) is 12.6. The molecule has 4 amide bonds. The largest absolute Gasteiger partial charge is 0.492 e. The minimum absolute atomic E-state index is 0. The zero-order valence-corrected chi connectivity index (χ0v) is 28.4. The maximum absolute atomic E-state index is 14.1. The molecule has 11 nitrogen and oxygen atoms in total. The second kappa shape index (κ2) is 17.5. The smallest absolute Gasteiger partial charge is 0.261 e. The molecule has 256 valence electrons. The molecular weight excluding hydrogens is 636 g/mol. The molecule has 1 aliphatic heterocycles. The van der Waals surface area contributed by atoms with Gasteiger partial charge in [-0.3, -0.25) is 34.1 Å². The molecule has 1 aliphatic rings. The standard InChI is InChI=1S/C36H42N4O7.ClH/c1-23(2)20-29(30(34(43)38-46)22-40-35(44)27-12-8-9-13-28(27)36(40)45)33(42)37-31(21-24-10-6-5-7-11-24)32(41)25-14-16-26(17-15-25)47-19-18-39(3)4;/h5-17,23,29-31,46H,18-22H2,1-4H3,(H,37,42)(H,38,43);1H/t29-,30?,31-;/m0./s1. The number of Topliss-reactive ketones (excluding diaryl/α,β-unsaturated/α-hetero) is 1. The molecule has 0 saturated heterocycles. The molecule has 1 heterocycles. The van der Waals surface area contributed by atoms with E-state index < -0.39 is 48.1 Å². The number of hydroxylamine groups is 1. The number of likely N-dealkylation sites (N-methyl/N-ethyl adjacent to an activating group) is 1. The normalized spacial score (nSPS) is 14.2. The van der Waals surface area contributed by atoms with Crippen molar-refractivity contribution in [2.24, 2.45) is 17.8 Å². The average molecular weight is 679 g/mol. The molecule has 3 N–H and O–H groups in total. The van der Waals surface area contributed by atoms with Crippen LogP contribution in [0.5, 0.6) is 5.75 Å². The van der Waals surface area contributed by atoms with Gasteiger partial charge in [0.05, 0.1) is 29.0 Å². The third-order valence-electron chi connectivity index (χ3n) is 8.11. The summed E-state index contributed by atoms with van der Waals surface area (Å²) >= 11 is 0. The summed E-state index contributed by atoms with van der Waals surface area (Å²) in [6.07, 6.45) is 0.356. The van der Waals surface area contributed by atoms with Gasteiger partial charge in [0.1, 0.15) is 12.4 Å².